The van der Waals surface area contributed by atoms with Crippen molar-refractivity contribution in [3.63, 3.8) is 0 Å². The molecule has 0 spiro atoms. The van der Waals surface area contributed by atoms with Gasteiger partial charge in [0.2, 0.25) is 11.9 Å². The van der Waals surface area contributed by atoms with Gasteiger partial charge in [-0.25, -0.2) is 9.97 Å². The summed E-state index contributed by atoms with van der Waals surface area (Å²) in [7, 11) is 0. The highest BCUT2D eigenvalue weighted by molar-refractivity contribution is 5.78. The van der Waals surface area contributed by atoms with Gasteiger partial charge in [0.1, 0.15) is 11.6 Å². The molecule has 0 aliphatic carbocycles. The van der Waals surface area contributed by atoms with Gasteiger partial charge >= 0.3 is 0 Å². The molecule has 0 unspecified atom stereocenters. The standard InChI is InChI=1S/C21H29N7O/c1-15-4-7-23-18(12-15)25-19-13-17(24-21(26-19)28-8-2-3-9-28)16-5-10-27(11-6-16)20(29)14-22/h4,7,12-13,16H,2-3,5-6,8-11,14,22H2,1H3,(H,23,24,25,26). The van der Waals surface area contributed by atoms with Crippen LogP contribution in [-0.2, 0) is 4.79 Å². The number of aromatic nitrogens is 3. The van der Waals surface area contributed by atoms with Crippen molar-refractivity contribution in [3.05, 3.63) is 35.7 Å². The minimum Gasteiger partial charge on any atom is -0.342 e. The van der Waals surface area contributed by atoms with Crippen molar-refractivity contribution in [3.8, 4) is 0 Å². The van der Waals surface area contributed by atoms with E-state index in [9.17, 15) is 4.79 Å². The fourth-order valence-corrected chi connectivity index (χ4v) is 4.07. The summed E-state index contributed by atoms with van der Waals surface area (Å²) in [6, 6.07) is 6.02. The number of aryl methyl sites for hydroxylation is 1. The summed E-state index contributed by atoms with van der Waals surface area (Å²) >= 11 is 0. The maximum Gasteiger partial charge on any atom is 0.236 e. The topological polar surface area (TPSA) is 100 Å². The minimum absolute atomic E-state index is 0.0248. The van der Waals surface area contributed by atoms with Crippen LogP contribution in [0.5, 0.6) is 0 Å². The third-order valence-corrected chi connectivity index (χ3v) is 5.74. The van der Waals surface area contributed by atoms with Crippen LogP contribution in [0.15, 0.2) is 24.4 Å². The molecule has 0 bridgehead atoms. The van der Waals surface area contributed by atoms with E-state index in [4.69, 9.17) is 15.7 Å². The van der Waals surface area contributed by atoms with E-state index in [2.05, 4.69) is 15.2 Å². The fourth-order valence-electron chi connectivity index (χ4n) is 4.07. The van der Waals surface area contributed by atoms with Crippen LogP contribution in [-0.4, -0.2) is 58.5 Å². The number of hydrogen-bond acceptors (Lipinski definition) is 7. The highest BCUT2D eigenvalue weighted by Gasteiger charge is 2.26. The lowest BCUT2D eigenvalue weighted by Crippen LogP contribution is -2.41. The van der Waals surface area contributed by atoms with Crippen molar-refractivity contribution in [1.29, 1.82) is 0 Å². The van der Waals surface area contributed by atoms with Crippen LogP contribution in [0.2, 0.25) is 0 Å². The molecule has 154 valence electrons. The highest BCUT2D eigenvalue weighted by atomic mass is 16.2. The second-order valence-corrected chi connectivity index (χ2v) is 7.87. The smallest absolute Gasteiger partial charge is 0.236 e. The maximum atomic E-state index is 11.9. The molecule has 4 rings (SSSR count). The van der Waals surface area contributed by atoms with Gasteiger partial charge in [-0.3, -0.25) is 4.79 Å². The number of hydrogen-bond donors (Lipinski definition) is 2. The van der Waals surface area contributed by atoms with E-state index in [0.29, 0.717) is 5.92 Å². The van der Waals surface area contributed by atoms with Gasteiger partial charge in [0.15, 0.2) is 0 Å². The lowest BCUT2D eigenvalue weighted by Gasteiger charge is -2.32. The summed E-state index contributed by atoms with van der Waals surface area (Å²) in [5.41, 5.74) is 7.70. The van der Waals surface area contributed by atoms with Crippen LogP contribution in [0.4, 0.5) is 17.6 Å². The molecular weight excluding hydrogens is 366 g/mol. The lowest BCUT2D eigenvalue weighted by molar-refractivity contribution is -0.130. The minimum atomic E-state index is 0.0248. The molecule has 0 saturated carbocycles. The van der Waals surface area contributed by atoms with Crippen molar-refractivity contribution >= 4 is 23.5 Å². The van der Waals surface area contributed by atoms with Crippen molar-refractivity contribution in [2.24, 2.45) is 5.73 Å². The first-order chi connectivity index (χ1) is 14.1. The molecule has 2 aliphatic rings. The Morgan fingerprint density at radius 2 is 1.90 bits per heavy atom. The first-order valence-corrected chi connectivity index (χ1v) is 10.4. The Labute approximate surface area is 171 Å². The molecule has 8 heteroatoms. The molecule has 0 atom stereocenters. The summed E-state index contributed by atoms with van der Waals surface area (Å²) in [6.45, 7) is 5.57. The number of amides is 1. The molecule has 29 heavy (non-hydrogen) atoms. The Kier molecular flexibility index (Phi) is 5.89. The van der Waals surface area contributed by atoms with Gasteiger partial charge in [-0.2, -0.15) is 4.98 Å². The number of nitrogens with zero attached hydrogens (tertiary/aromatic N) is 5. The highest BCUT2D eigenvalue weighted by Crippen LogP contribution is 2.30. The van der Waals surface area contributed by atoms with Gasteiger partial charge < -0.3 is 20.9 Å². The predicted octanol–water partition coefficient (Wildman–Crippen LogP) is 2.19. The average molecular weight is 396 g/mol. The average Bonchev–Trinajstić information content (AvgIpc) is 3.28. The number of carbonyl (C=O) groups excluding carboxylic acids is 1. The van der Waals surface area contributed by atoms with Crippen molar-refractivity contribution in [1.82, 2.24) is 19.9 Å². The molecule has 2 saturated heterocycles. The molecule has 2 aliphatic heterocycles. The molecule has 2 fully saturated rings. The molecule has 0 radical (unpaired) electrons. The number of piperidine rings is 1. The van der Waals surface area contributed by atoms with Crippen LogP contribution in [0.3, 0.4) is 0 Å². The Balaban J connectivity index is 1.57. The lowest BCUT2D eigenvalue weighted by atomic mass is 9.93. The molecule has 2 aromatic heterocycles. The van der Waals surface area contributed by atoms with E-state index >= 15 is 0 Å². The normalized spacial score (nSPS) is 17.6. The molecule has 0 aromatic carbocycles. The molecule has 1 amide bonds. The third kappa shape index (κ3) is 4.64. The first kappa shape index (κ1) is 19.6. The zero-order chi connectivity index (χ0) is 20.2. The van der Waals surface area contributed by atoms with E-state index in [0.717, 1.165) is 67.9 Å². The van der Waals surface area contributed by atoms with Crippen molar-refractivity contribution in [2.75, 3.05) is 42.9 Å². The SMILES string of the molecule is Cc1ccnc(Nc2cc(C3CCN(C(=O)CN)CC3)nc(N3CCCC3)n2)c1. The summed E-state index contributed by atoms with van der Waals surface area (Å²) in [5.74, 6) is 2.68. The number of carbonyl (C=O) groups is 1. The second kappa shape index (κ2) is 8.73. The second-order valence-electron chi connectivity index (χ2n) is 7.87. The van der Waals surface area contributed by atoms with Crippen molar-refractivity contribution < 1.29 is 4.79 Å². The molecule has 8 nitrogen and oxygen atoms in total. The number of rotatable bonds is 5. The van der Waals surface area contributed by atoms with Gasteiger partial charge in [0.05, 0.1) is 12.2 Å². The van der Waals surface area contributed by atoms with Gasteiger partial charge in [0, 0.05) is 44.4 Å². The Hall–Kier alpha value is -2.74. The Bertz CT molecular complexity index is 858. The first-order valence-electron chi connectivity index (χ1n) is 10.4. The number of anilines is 3. The molecular formula is C21H29N7O. The van der Waals surface area contributed by atoms with Crippen LogP contribution in [0.1, 0.15) is 42.9 Å². The summed E-state index contributed by atoms with van der Waals surface area (Å²) in [4.78, 5) is 30.1. The van der Waals surface area contributed by atoms with E-state index in [1.807, 2.05) is 30.0 Å². The Morgan fingerprint density at radius 3 is 2.59 bits per heavy atom. The molecule has 2 aromatic rings. The number of nitrogens with two attached hydrogens (primary N) is 1. The van der Waals surface area contributed by atoms with Crippen molar-refractivity contribution in [2.45, 2.75) is 38.5 Å². The van der Waals surface area contributed by atoms with E-state index in [1.54, 1.807) is 6.20 Å². The molecule has 4 heterocycles. The van der Waals surface area contributed by atoms with Crippen LogP contribution < -0.4 is 16.0 Å². The fraction of sp³-hybridized carbons (Fsp3) is 0.524. The number of nitrogens with one attached hydrogen (secondary N) is 1. The summed E-state index contributed by atoms with van der Waals surface area (Å²) in [5, 5.41) is 3.35. The Morgan fingerprint density at radius 1 is 1.14 bits per heavy atom. The van der Waals surface area contributed by atoms with E-state index in [1.165, 1.54) is 12.8 Å². The van der Waals surface area contributed by atoms with Gasteiger partial charge in [-0.1, -0.05) is 0 Å². The number of likely N-dealkylation sites (tertiary alicyclic amines) is 1. The predicted molar refractivity (Wildman–Crippen MR) is 113 cm³/mol. The van der Waals surface area contributed by atoms with E-state index in [-0.39, 0.29) is 12.5 Å². The van der Waals surface area contributed by atoms with Gasteiger partial charge in [0.25, 0.3) is 0 Å². The van der Waals surface area contributed by atoms with Crippen LogP contribution in [0, 0.1) is 6.92 Å². The monoisotopic (exact) mass is 395 g/mol. The maximum absolute atomic E-state index is 11.9. The summed E-state index contributed by atoms with van der Waals surface area (Å²) < 4.78 is 0. The quantitative estimate of drug-likeness (QED) is 0.800. The zero-order valence-corrected chi connectivity index (χ0v) is 17.0. The zero-order valence-electron chi connectivity index (χ0n) is 17.0. The third-order valence-electron chi connectivity index (χ3n) is 5.74. The van der Waals surface area contributed by atoms with Gasteiger partial charge in [-0.15, -0.1) is 0 Å². The van der Waals surface area contributed by atoms with Crippen LogP contribution in [0.25, 0.3) is 0 Å². The number of pyridine rings is 1. The van der Waals surface area contributed by atoms with Gasteiger partial charge in [-0.05, 0) is 50.3 Å². The van der Waals surface area contributed by atoms with E-state index < -0.39 is 0 Å². The summed E-state index contributed by atoms with van der Waals surface area (Å²) in [6.07, 6.45) is 5.94. The largest absolute Gasteiger partial charge is 0.342 e. The molecule has 3 N–H and O–H groups in total. The van der Waals surface area contributed by atoms with Crippen LogP contribution >= 0.6 is 0 Å².